The van der Waals surface area contributed by atoms with Crippen LogP contribution in [0.3, 0.4) is 0 Å². The van der Waals surface area contributed by atoms with Crippen LogP contribution >= 0.6 is 0 Å². The maximum Gasteiger partial charge on any atom is 0.326 e. The number of hydrogen-bond donors (Lipinski definition) is 4. The van der Waals surface area contributed by atoms with Crippen LogP contribution in [-0.4, -0.2) is 40.9 Å². The number of carboxylic acid groups (broad SMARTS) is 1. The average molecular weight is 244 g/mol. The summed E-state index contributed by atoms with van der Waals surface area (Å²) in [7, 11) is 0. The molecule has 4 N–H and O–H groups in total. The van der Waals surface area contributed by atoms with Gasteiger partial charge in [0.15, 0.2) is 0 Å². The molecule has 3 atom stereocenters. The second kappa shape index (κ2) is 6.44. The Hall–Kier alpha value is -1.30. The maximum atomic E-state index is 11.5. The molecule has 0 radical (unpaired) electrons. The van der Waals surface area contributed by atoms with Gasteiger partial charge in [0.25, 0.3) is 0 Å². The molecule has 6 heteroatoms. The number of rotatable bonds is 5. The molecule has 0 aromatic carbocycles. The van der Waals surface area contributed by atoms with E-state index in [0.29, 0.717) is 5.92 Å². The van der Waals surface area contributed by atoms with E-state index in [1.165, 1.54) is 0 Å². The van der Waals surface area contributed by atoms with Crippen LogP contribution in [0.2, 0.25) is 0 Å². The van der Waals surface area contributed by atoms with Crippen molar-refractivity contribution in [3.63, 3.8) is 0 Å². The maximum absolute atomic E-state index is 11.5. The van der Waals surface area contributed by atoms with E-state index in [1.807, 2.05) is 0 Å². The molecule has 0 bridgehead atoms. The monoisotopic (exact) mass is 244 g/mol. The summed E-state index contributed by atoms with van der Waals surface area (Å²) in [6.45, 7) is 1.86. The van der Waals surface area contributed by atoms with E-state index in [4.69, 9.17) is 10.2 Å². The molecule has 0 spiro atoms. The molecule has 0 saturated heterocycles. The van der Waals surface area contributed by atoms with E-state index in [-0.39, 0.29) is 19.1 Å². The predicted octanol–water partition coefficient (Wildman–Crippen LogP) is 0.310. The summed E-state index contributed by atoms with van der Waals surface area (Å²) in [4.78, 5) is 22.3. The summed E-state index contributed by atoms with van der Waals surface area (Å²) < 4.78 is 0. The van der Waals surface area contributed by atoms with Gasteiger partial charge in [-0.25, -0.2) is 9.59 Å². The summed E-state index contributed by atoms with van der Waals surface area (Å²) in [5.41, 5.74) is 0. The Morgan fingerprint density at radius 2 is 2.12 bits per heavy atom. The highest BCUT2D eigenvalue weighted by Gasteiger charge is 2.25. The lowest BCUT2D eigenvalue weighted by Gasteiger charge is -2.17. The summed E-state index contributed by atoms with van der Waals surface area (Å²) >= 11 is 0. The van der Waals surface area contributed by atoms with Crippen molar-refractivity contribution in [2.45, 2.75) is 44.7 Å². The molecule has 17 heavy (non-hydrogen) atoms. The zero-order chi connectivity index (χ0) is 12.8. The van der Waals surface area contributed by atoms with Crippen LogP contribution in [0.1, 0.15) is 32.6 Å². The minimum Gasteiger partial charge on any atom is -0.480 e. The third kappa shape index (κ3) is 4.60. The standard InChI is InChI=1S/C11H20N2O4/c1-7-2-3-8(6-7)12-11(17)13-9(4-5-14)10(15)16/h7-9,14H,2-6H2,1H3,(H,15,16)(H2,12,13,17)/t7?,8?,9-/m0/s1. The number of hydrogen-bond acceptors (Lipinski definition) is 3. The van der Waals surface area contributed by atoms with Gasteiger partial charge in [0.1, 0.15) is 6.04 Å². The first kappa shape index (κ1) is 13.8. The van der Waals surface area contributed by atoms with Gasteiger partial charge < -0.3 is 20.8 Å². The predicted molar refractivity (Wildman–Crippen MR) is 61.6 cm³/mol. The number of aliphatic carboxylic acids is 1. The number of aliphatic hydroxyl groups is 1. The van der Waals surface area contributed by atoms with Crippen molar-refractivity contribution in [1.82, 2.24) is 10.6 Å². The van der Waals surface area contributed by atoms with Crippen molar-refractivity contribution in [2.75, 3.05) is 6.61 Å². The Kier molecular flexibility index (Phi) is 5.21. The number of urea groups is 1. The molecule has 1 fully saturated rings. The Labute approximate surface area is 100 Å². The fourth-order valence-electron chi connectivity index (χ4n) is 2.11. The van der Waals surface area contributed by atoms with Crippen LogP contribution in [0, 0.1) is 5.92 Å². The molecule has 0 aromatic rings. The van der Waals surface area contributed by atoms with Crippen molar-refractivity contribution >= 4 is 12.0 Å². The molecular formula is C11H20N2O4. The molecule has 1 aliphatic carbocycles. The third-order valence-corrected chi connectivity index (χ3v) is 3.05. The van der Waals surface area contributed by atoms with Crippen LogP contribution in [0.15, 0.2) is 0 Å². The van der Waals surface area contributed by atoms with E-state index < -0.39 is 18.0 Å². The van der Waals surface area contributed by atoms with Crippen molar-refractivity contribution in [1.29, 1.82) is 0 Å². The molecule has 0 aromatic heterocycles. The lowest BCUT2D eigenvalue weighted by molar-refractivity contribution is -0.139. The lowest BCUT2D eigenvalue weighted by Crippen LogP contribution is -2.48. The number of carbonyl (C=O) groups excluding carboxylic acids is 1. The fourth-order valence-corrected chi connectivity index (χ4v) is 2.11. The second-order valence-electron chi connectivity index (χ2n) is 4.64. The van der Waals surface area contributed by atoms with Gasteiger partial charge in [-0.15, -0.1) is 0 Å². The topological polar surface area (TPSA) is 98.7 Å². The SMILES string of the molecule is CC1CCC(NC(=O)N[C@@H](CCO)C(=O)O)C1. The Bertz CT molecular complexity index is 283. The first-order valence-electron chi connectivity index (χ1n) is 5.93. The van der Waals surface area contributed by atoms with Crippen molar-refractivity contribution in [2.24, 2.45) is 5.92 Å². The van der Waals surface area contributed by atoms with Gasteiger partial charge in [0.2, 0.25) is 0 Å². The molecule has 98 valence electrons. The third-order valence-electron chi connectivity index (χ3n) is 3.05. The zero-order valence-electron chi connectivity index (χ0n) is 9.98. The van der Waals surface area contributed by atoms with Gasteiger partial charge in [-0.1, -0.05) is 6.92 Å². The Morgan fingerprint density at radius 1 is 1.41 bits per heavy atom. The van der Waals surface area contributed by atoms with Crippen LogP contribution in [-0.2, 0) is 4.79 Å². The minimum absolute atomic E-state index is 0.0177. The van der Waals surface area contributed by atoms with E-state index in [2.05, 4.69) is 17.6 Å². The van der Waals surface area contributed by atoms with Crippen LogP contribution in [0.4, 0.5) is 4.79 Å². The van der Waals surface area contributed by atoms with Crippen molar-refractivity contribution in [3.05, 3.63) is 0 Å². The van der Waals surface area contributed by atoms with E-state index >= 15 is 0 Å². The van der Waals surface area contributed by atoms with E-state index in [1.54, 1.807) is 0 Å². The number of nitrogens with one attached hydrogen (secondary N) is 2. The summed E-state index contributed by atoms with van der Waals surface area (Å²) in [5, 5.41) is 22.6. The summed E-state index contributed by atoms with van der Waals surface area (Å²) in [6, 6.07) is -1.36. The highest BCUT2D eigenvalue weighted by Crippen LogP contribution is 2.24. The molecular weight excluding hydrogens is 224 g/mol. The summed E-state index contributed by atoms with van der Waals surface area (Å²) in [5.74, 6) is -0.526. The molecule has 1 rings (SSSR count). The van der Waals surface area contributed by atoms with Crippen LogP contribution in [0.25, 0.3) is 0 Å². The molecule has 2 unspecified atom stereocenters. The van der Waals surface area contributed by atoms with Gasteiger partial charge >= 0.3 is 12.0 Å². The van der Waals surface area contributed by atoms with Crippen molar-refractivity contribution in [3.8, 4) is 0 Å². The summed E-state index contributed by atoms with van der Waals surface area (Å²) in [6.07, 6.45) is 2.98. The molecule has 1 aliphatic rings. The quantitative estimate of drug-likeness (QED) is 0.559. The number of amides is 2. The van der Waals surface area contributed by atoms with Crippen LogP contribution in [0.5, 0.6) is 0 Å². The van der Waals surface area contributed by atoms with Gasteiger partial charge in [0.05, 0.1) is 0 Å². The van der Waals surface area contributed by atoms with Crippen molar-refractivity contribution < 1.29 is 19.8 Å². The highest BCUT2D eigenvalue weighted by atomic mass is 16.4. The number of carboxylic acids is 1. The molecule has 0 heterocycles. The smallest absolute Gasteiger partial charge is 0.326 e. The normalized spacial score (nSPS) is 25.3. The molecule has 6 nitrogen and oxygen atoms in total. The molecule has 0 aliphatic heterocycles. The average Bonchev–Trinajstić information content (AvgIpc) is 2.63. The first-order chi connectivity index (χ1) is 8.02. The van der Waals surface area contributed by atoms with E-state index in [9.17, 15) is 9.59 Å². The minimum atomic E-state index is -1.13. The number of carbonyl (C=O) groups is 2. The van der Waals surface area contributed by atoms with Gasteiger partial charge in [-0.3, -0.25) is 0 Å². The lowest BCUT2D eigenvalue weighted by atomic mass is 10.1. The largest absolute Gasteiger partial charge is 0.480 e. The Balaban J connectivity index is 2.34. The first-order valence-corrected chi connectivity index (χ1v) is 5.93. The molecule has 2 amide bonds. The Morgan fingerprint density at radius 3 is 2.59 bits per heavy atom. The highest BCUT2D eigenvalue weighted by molar-refractivity contribution is 5.82. The van der Waals surface area contributed by atoms with Gasteiger partial charge in [-0.2, -0.15) is 0 Å². The fraction of sp³-hybridized carbons (Fsp3) is 0.818. The number of aliphatic hydroxyl groups excluding tert-OH is 1. The zero-order valence-corrected chi connectivity index (χ0v) is 9.98. The van der Waals surface area contributed by atoms with Gasteiger partial charge in [0, 0.05) is 19.1 Å². The van der Waals surface area contributed by atoms with Gasteiger partial charge in [-0.05, 0) is 25.2 Å². The second-order valence-corrected chi connectivity index (χ2v) is 4.64. The van der Waals surface area contributed by atoms with E-state index in [0.717, 1.165) is 19.3 Å². The van der Waals surface area contributed by atoms with Crippen LogP contribution < -0.4 is 10.6 Å². The molecule has 1 saturated carbocycles.